The second-order valence-electron chi connectivity index (χ2n) is 7.98. The standard InChI is InChI=1S/C20H27NO/c1-14-8-18-12-21(11-16-6-7-16)13-20(18,10-15(14)2)17-4-3-5-19(22)9-17/h3-5,9,16,18,22H,6-8,10-13H2,1-2H3/t18-,20-/m1/s1. The van der Waals surface area contributed by atoms with Gasteiger partial charge in [-0.15, -0.1) is 0 Å². The van der Waals surface area contributed by atoms with Crippen LogP contribution in [0, 0.1) is 11.8 Å². The van der Waals surface area contributed by atoms with Crippen molar-refractivity contribution in [3.05, 3.63) is 41.0 Å². The molecule has 1 aromatic rings. The molecule has 4 rings (SSSR count). The molecule has 0 amide bonds. The van der Waals surface area contributed by atoms with Crippen LogP contribution in [0.15, 0.2) is 35.4 Å². The highest BCUT2D eigenvalue weighted by Crippen LogP contribution is 2.51. The Kier molecular flexibility index (Phi) is 3.34. The summed E-state index contributed by atoms with van der Waals surface area (Å²) in [5, 5.41) is 9.97. The third-order valence-corrected chi connectivity index (χ3v) is 6.26. The lowest BCUT2D eigenvalue weighted by atomic mass is 9.63. The van der Waals surface area contributed by atoms with Crippen molar-refractivity contribution in [1.29, 1.82) is 0 Å². The molecule has 2 atom stereocenters. The number of aromatic hydroxyl groups is 1. The summed E-state index contributed by atoms with van der Waals surface area (Å²) in [6.45, 7) is 8.30. The quantitative estimate of drug-likeness (QED) is 0.849. The van der Waals surface area contributed by atoms with Crippen LogP contribution in [0.2, 0.25) is 0 Å². The molecular weight excluding hydrogens is 270 g/mol. The van der Waals surface area contributed by atoms with Crippen LogP contribution >= 0.6 is 0 Å². The Morgan fingerprint density at radius 3 is 2.77 bits per heavy atom. The summed E-state index contributed by atoms with van der Waals surface area (Å²) in [7, 11) is 0. The zero-order valence-electron chi connectivity index (χ0n) is 13.8. The van der Waals surface area contributed by atoms with E-state index in [0.717, 1.165) is 12.3 Å². The van der Waals surface area contributed by atoms with Crippen LogP contribution in [0.1, 0.15) is 45.1 Å². The normalized spacial score (nSPS) is 32.4. The third-order valence-electron chi connectivity index (χ3n) is 6.26. The highest BCUT2D eigenvalue weighted by Gasteiger charge is 2.50. The van der Waals surface area contributed by atoms with Crippen molar-refractivity contribution in [1.82, 2.24) is 4.90 Å². The van der Waals surface area contributed by atoms with Gasteiger partial charge in [-0.3, -0.25) is 0 Å². The number of hydrogen-bond acceptors (Lipinski definition) is 2. The van der Waals surface area contributed by atoms with E-state index in [1.165, 1.54) is 44.5 Å². The van der Waals surface area contributed by atoms with Crippen molar-refractivity contribution in [3.63, 3.8) is 0 Å². The predicted molar refractivity (Wildman–Crippen MR) is 90.0 cm³/mol. The minimum atomic E-state index is 0.219. The number of fused-ring (bicyclic) bond motifs is 1. The Morgan fingerprint density at radius 2 is 2.05 bits per heavy atom. The summed E-state index contributed by atoms with van der Waals surface area (Å²) in [4.78, 5) is 2.71. The van der Waals surface area contributed by atoms with E-state index in [1.807, 2.05) is 12.1 Å². The molecule has 1 N–H and O–H groups in total. The van der Waals surface area contributed by atoms with Gasteiger partial charge < -0.3 is 10.0 Å². The average molecular weight is 297 g/mol. The van der Waals surface area contributed by atoms with E-state index in [4.69, 9.17) is 0 Å². The van der Waals surface area contributed by atoms with E-state index >= 15 is 0 Å². The van der Waals surface area contributed by atoms with E-state index in [1.54, 1.807) is 17.2 Å². The predicted octanol–water partition coefficient (Wildman–Crippen LogP) is 4.10. The monoisotopic (exact) mass is 297 g/mol. The van der Waals surface area contributed by atoms with Gasteiger partial charge in [0.1, 0.15) is 5.75 Å². The lowest BCUT2D eigenvalue weighted by Gasteiger charge is -2.40. The fraction of sp³-hybridized carbons (Fsp3) is 0.600. The number of hydrogen-bond donors (Lipinski definition) is 1. The van der Waals surface area contributed by atoms with Crippen molar-refractivity contribution in [3.8, 4) is 5.75 Å². The smallest absolute Gasteiger partial charge is 0.115 e. The first kappa shape index (κ1) is 14.3. The van der Waals surface area contributed by atoms with Crippen molar-refractivity contribution in [2.45, 2.75) is 44.9 Å². The van der Waals surface area contributed by atoms with Crippen LogP contribution in [0.4, 0.5) is 0 Å². The van der Waals surface area contributed by atoms with Crippen molar-refractivity contribution in [2.24, 2.45) is 11.8 Å². The molecule has 1 saturated heterocycles. The van der Waals surface area contributed by atoms with Gasteiger partial charge in [-0.2, -0.15) is 0 Å². The van der Waals surface area contributed by atoms with Crippen LogP contribution in [0.3, 0.4) is 0 Å². The molecule has 1 saturated carbocycles. The second kappa shape index (κ2) is 5.13. The van der Waals surface area contributed by atoms with E-state index in [0.29, 0.717) is 11.7 Å². The average Bonchev–Trinajstić information content (AvgIpc) is 3.21. The van der Waals surface area contributed by atoms with Gasteiger partial charge in [0.2, 0.25) is 0 Å². The minimum absolute atomic E-state index is 0.219. The van der Waals surface area contributed by atoms with Crippen LogP contribution < -0.4 is 0 Å². The largest absolute Gasteiger partial charge is 0.508 e. The summed E-state index contributed by atoms with van der Waals surface area (Å²) in [5.74, 6) is 2.07. The van der Waals surface area contributed by atoms with Crippen molar-refractivity contribution >= 4 is 0 Å². The Labute approximate surface area is 133 Å². The molecule has 2 aliphatic carbocycles. The van der Waals surface area contributed by atoms with Gasteiger partial charge in [-0.1, -0.05) is 23.3 Å². The first-order valence-corrected chi connectivity index (χ1v) is 8.74. The Hall–Kier alpha value is -1.28. The van der Waals surface area contributed by atoms with E-state index in [9.17, 15) is 5.11 Å². The zero-order chi connectivity index (χ0) is 15.3. The maximum atomic E-state index is 9.97. The first-order chi connectivity index (χ1) is 10.6. The van der Waals surface area contributed by atoms with E-state index in [-0.39, 0.29) is 5.41 Å². The number of rotatable bonds is 3. The second-order valence-corrected chi connectivity index (χ2v) is 7.98. The fourth-order valence-electron chi connectivity index (χ4n) is 4.76. The molecule has 0 aromatic heterocycles. The topological polar surface area (TPSA) is 23.5 Å². The lowest BCUT2D eigenvalue weighted by Crippen LogP contribution is -2.38. The summed E-state index contributed by atoms with van der Waals surface area (Å²) >= 11 is 0. The van der Waals surface area contributed by atoms with Gasteiger partial charge in [0.15, 0.2) is 0 Å². The van der Waals surface area contributed by atoms with Crippen LogP contribution in [-0.2, 0) is 5.41 Å². The summed E-state index contributed by atoms with van der Waals surface area (Å²) in [6, 6.07) is 8.06. The van der Waals surface area contributed by atoms with E-state index in [2.05, 4.69) is 24.8 Å². The molecule has 3 aliphatic rings. The molecular formula is C20H27NO. The first-order valence-electron chi connectivity index (χ1n) is 8.74. The maximum absolute atomic E-state index is 9.97. The molecule has 2 heteroatoms. The van der Waals surface area contributed by atoms with Crippen molar-refractivity contribution < 1.29 is 5.11 Å². The Bertz CT molecular complexity index is 616. The summed E-state index contributed by atoms with van der Waals surface area (Å²) in [5.41, 5.74) is 4.72. The number of benzene rings is 1. The molecule has 2 nitrogen and oxygen atoms in total. The summed E-state index contributed by atoms with van der Waals surface area (Å²) in [6.07, 6.45) is 5.24. The van der Waals surface area contributed by atoms with Crippen LogP contribution in [0.5, 0.6) is 5.75 Å². The van der Waals surface area contributed by atoms with Gasteiger partial charge in [0, 0.05) is 25.0 Å². The zero-order valence-corrected chi connectivity index (χ0v) is 13.8. The minimum Gasteiger partial charge on any atom is -0.508 e. The Balaban J connectivity index is 1.70. The summed E-state index contributed by atoms with van der Waals surface area (Å²) < 4.78 is 0. The van der Waals surface area contributed by atoms with E-state index < -0.39 is 0 Å². The van der Waals surface area contributed by atoms with Gasteiger partial charge in [-0.25, -0.2) is 0 Å². The Morgan fingerprint density at radius 1 is 1.23 bits per heavy atom. The molecule has 22 heavy (non-hydrogen) atoms. The molecule has 1 aromatic carbocycles. The fourth-order valence-corrected chi connectivity index (χ4v) is 4.76. The molecule has 0 unspecified atom stereocenters. The highest BCUT2D eigenvalue weighted by atomic mass is 16.3. The van der Waals surface area contributed by atoms with Gasteiger partial charge in [-0.05, 0) is 69.1 Å². The molecule has 118 valence electrons. The van der Waals surface area contributed by atoms with Crippen molar-refractivity contribution in [2.75, 3.05) is 19.6 Å². The number of nitrogens with zero attached hydrogens (tertiary/aromatic N) is 1. The molecule has 0 bridgehead atoms. The molecule has 1 aliphatic heterocycles. The van der Waals surface area contributed by atoms with Gasteiger partial charge in [0.05, 0.1) is 0 Å². The molecule has 1 heterocycles. The highest BCUT2D eigenvalue weighted by molar-refractivity contribution is 5.39. The number of allylic oxidation sites excluding steroid dienone is 2. The maximum Gasteiger partial charge on any atom is 0.115 e. The number of phenolic OH excluding ortho intramolecular Hbond substituents is 1. The molecule has 2 fully saturated rings. The third kappa shape index (κ3) is 2.38. The SMILES string of the molecule is CC1=C(C)C[C@]2(c3cccc(O)c3)CN(CC3CC3)C[C@H]2C1. The lowest BCUT2D eigenvalue weighted by molar-refractivity contribution is 0.292. The van der Waals surface area contributed by atoms with Gasteiger partial charge >= 0.3 is 0 Å². The molecule has 0 spiro atoms. The van der Waals surface area contributed by atoms with Crippen LogP contribution in [0.25, 0.3) is 0 Å². The van der Waals surface area contributed by atoms with Gasteiger partial charge in [0.25, 0.3) is 0 Å². The van der Waals surface area contributed by atoms with Crippen LogP contribution in [-0.4, -0.2) is 29.6 Å². The molecule has 0 radical (unpaired) electrons. The number of likely N-dealkylation sites (tertiary alicyclic amines) is 1. The number of phenols is 1.